The van der Waals surface area contributed by atoms with Crippen molar-refractivity contribution in [1.82, 2.24) is 9.80 Å². The largest absolute Gasteiger partial charge is 0.480 e. The number of nitrogens with zero attached hydrogens (tertiary/aromatic N) is 2. The molecular formula is C9H16N2O5. The maximum absolute atomic E-state index is 11.2. The second-order valence-electron chi connectivity index (χ2n) is 3.54. The molecule has 0 heterocycles. The van der Waals surface area contributed by atoms with Crippen molar-refractivity contribution in [3.8, 4) is 0 Å². The zero-order valence-corrected chi connectivity index (χ0v) is 9.34. The maximum atomic E-state index is 11.2. The fourth-order valence-corrected chi connectivity index (χ4v) is 1.07. The molecule has 0 aliphatic carbocycles. The molecular weight excluding hydrogens is 216 g/mol. The van der Waals surface area contributed by atoms with Crippen LogP contribution in [0.25, 0.3) is 0 Å². The summed E-state index contributed by atoms with van der Waals surface area (Å²) >= 11 is 0. The van der Waals surface area contributed by atoms with Crippen molar-refractivity contribution in [1.29, 1.82) is 0 Å². The normalized spacial score (nSPS) is 10.2. The third-order valence-electron chi connectivity index (χ3n) is 1.86. The van der Waals surface area contributed by atoms with Crippen LogP contribution in [-0.2, 0) is 14.4 Å². The zero-order valence-electron chi connectivity index (χ0n) is 9.34. The molecule has 0 rings (SSSR count). The van der Waals surface area contributed by atoms with Crippen LogP contribution in [0.3, 0.4) is 0 Å². The van der Waals surface area contributed by atoms with E-state index >= 15 is 0 Å². The van der Waals surface area contributed by atoms with Gasteiger partial charge in [-0.1, -0.05) is 0 Å². The van der Waals surface area contributed by atoms with Crippen LogP contribution in [-0.4, -0.2) is 71.6 Å². The van der Waals surface area contributed by atoms with Gasteiger partial charge in [0.15, 0.2) is 0 Å². The lowest BCUT2D eigenvalue weighted by Gasteiger charge is -2.18. The average Bonchev–Trinajstić information content (AvgIpc) is 2.11. The molecule has 7 nitrogen and oxygen atoms in total. The lowest BCUT2D eigenvalue weighted by atomic mass is 10.3. The van der Waals surface area contributed by atoms with Crippen LogP contribution in [0.1, 0.15) is 6.42 Å². The number of hydrogen-bond donors (Lipinski definition) is 2. The van der Waals surface area contributed by atoms with Crippen LogP contribution in [0.5, 0.6) is 0 Å². The summed E-state index contributed by atoms with van der Waals surface area (Å²) in [5, 5.41) is 17.1. The van der Waals surface area contributed by atoms with Crippen molar-refractivity contribution in [3.05, 3.63) is 0 Å². The minimum Gasteiger partial charge on any atom is -0.480 e. The Balaban J connectivity index is 4.15. The van der Waals surface area contributed by atoms with Crippen LogP contribution >= 0.6 is 0 Å². The third-order valence-corrected chi connectivity index (χ3v) is 1.86. The van der Waals surface area contributed by atoms with Crippen LogP contribution in [0, 0.1) is 0 Å². The number of hydrogen-bond acceptors (Lipinski definition) is 4. The van der Waals surface area contributed by atoms with E-state index in [2.05, 4.69) is 0 Å². The molecule has 7 heteroatoms. The average molecular weight is 232 g/mol. The van der Waals surface area contributed by atoms with Gasteiger partial charge in [0.25, 0.3) is 0 Å². The molecule has 16 heavy (non-hydrogen) atoms. The Morgan fingerprint density at radius 3 is 1.75 bits per heavy atom. The van der Waals surface area contributed by atoms with E-state index in [0.717, 1.165) is 0 Å². The summed E-state index contributed by atoms with van der Waals surface area (Å²) in [4.78, 5) is 34.7. The SMILES string of the molecule is CN(C)C(=O)CCN(CC(=O)O)CC(=O)O. The van der Waals surface area contributed by atoms with Gasteiger partial charge in [-0.05, 0) is 0 Å². The van der Waals surface area contributed by atoms with Crippen LogP contribution in [0.15, 0.2) is 0 Å². The first-order valence-corrected chi connectivity index (χ1v) is 4.69. The van der Waals surface area contributed by atoms with E-state index in [0.29, 0.717) is 0 Å². The molecule has 0 aliphatic rings. The van der Waals surface area contributed by atoms with Gasteiger partial charge >= 0.3 is 11.9 Å². The number of rotatable bonds is 7. The highest BCUT2D eigenvalue weighted by Gasteiger charge is 2.15. The number of amides is 1. The molecule has 0 aromatic heterocycles. The minimum atomic E-state index is -1.11. The Morgan fingerprint density at radius 1 is 1.00 bits per heavy atom. The standard InChI is InChI=1S/C9H16N2O5/c1-10(2)7(12)3-4-11(5-8(13)14)6-9(15)16/h3-6H2,1-2H3,(H,13,14)(H,15,16). The number of carbonyl (C=O) groups is 3. The summed E-state index contributed by atoms with van der Waals surface area (Å²) in [6.45, 7) is -0.643. The Morgan fingerprint density at radius 2 is 1.44 bits per heavy atom. The van der Waals surface area contributed by atoms with E-state index in [-0.39, 0.29) is 32.0 Å². The fourth-order valence-electron chi connectivity index (χ4n) is 1.07. The van der Waals surface area contributed by atoms with Crippen molar-refractivity contribution in [2.75, 3.05) is 33.7 Å². The molecule has 92 valence electrons. The summed E-state index contributed by atoms with van der Waals surface area (Å²) in [5.74, 6) is -2.39. The van der Waals surface area contributed by atoms with Crippen molar-refractivity contribution >= 4 is 17.8 Å². The van der Waals surface area contributed by atoms with Gasteiger partial charge in [-0.25, -0.2) is 0 Å². The molecule has 0 radical (unpaired) electrons. The Labute approximate surface area is 93.3 Å². The number of carboxylic acids is 2. The Kier molecular flexibility index (Phi) is 6.09. The first kappa shape index (κ1) is 14.4. The monoisotopic (exact) mass is 232 g/mol. The third kappa shape index (κ3) is 6.77. The van der Waals surface area contributed by atoms with Crippen molar-refractivity contribution in [2.45, 2.75) is 6.42 Å². The molecule has 2 N–H and O–H groups in total. The van der Waals surface area contributed by atoms with E-state index in [4.69, 9.17) is 10.2 Å². The van der Waals surface area contributed by atoms with Gasteiger partial charge in [-0.15, -0.1) is 0 Å². The highest BCUT2D eigenvalue weighted by atomic mass is 16.4. The van der Waals surface area contributed by atoms with Crippen LogP contribution in [0.2, 0.25) is 0 Å². The predicted molar refractivity (Wildman–Crippen MR) is 55.0 cm³/mol. The van der Waals surface area contributed by atoms with Crippen molar-refractivity contribution in [3.63, 3.8) is 0 Å². The van der Waals surface area contributed by atoms with E-state index in [1.54, 1.807) is 14.1 Å². The summed E-state index contributed by atoms with van der Waals surface area (Å²) in [5.41, 5.74) is 0. The molecule has 1 amide bonds. The Bertz CT molecular complexity index is 261. The first-order valence-electron chi connectivity index (χ1n) is 4.69. The van der Waals surface area contributed by atoms with E-state index in [9.17, 15) is 14.4 Å². The molecule has 0 atom stereocenters. The highest BCUT2D eigenvalue weighted by molar-refractivity contribution is 5.76. The van der Waals surface area contributed by atoms with Crippen molar-refractivity contribution < 1.29 is 24.6 Å². The fraction of sp³-hybridized carbons (Fsp3) is 0.667. The topological polar surface area (TPSA) is 98.2 Å². The molecule has 0 spiro atoms. The van der Waals surface area contributed by atoms with Crippen molar-refractivity contribution in [2.24, 2.45) is 0 Å². The van der Waals surface area contributed by atoms with Gasteiger partial charge in [-0.2, -0.15) is 0 Å². The zero-order chi connectivity index (χ0) is 12.7. The molecule has 0 unspecified atom stereocenters. The molecule has 0 saturated heterocycles. The van der Waals surface area contributed by atoms with Gasteiger partial charge < -0.3 is 15.1 Å². The predicted octanol–water partition coefficient (Wildman–Crippen LogP) is -1.06. The van der Waals surface area contributed by atoms with Gasteiger partial charge in [0.05, 0.1) is 13.1 Å². The lowest BCUT2D eigenvalue weighted by molar-refractivity contribution is -0.142. The summed E-state index contributed by atoms with van der Waals surface area (Å²) in [6, 6.07) is 0. The van der Waals surface area contributed by atoms with Crippen LogP contribution in [0.4, 0.5) is 0 Å². The molecule has 0 fully saturated rings. The molecule has 0 bridgehead atoms. The second-order valence-corrected chi connectivity index (χ2v) is 3.54. The number of carboxylic acid groups (broad SMARTS) is 2. The maximum Gasteiger partial charge on any atom is 0.317 e. The smallest absolute Gasteiger partial charge is 0.317 e. The molecule has 0 aliphatic heterocycles. The van der Waals surface area contributed by atoms with Gasteiger partial charge in [0.1, 0.15) is 0 Å². The molecule has 0 aromatic rings. The van der Waals surface area contributed by atoms with Gasteiger partial charge in [0, 0.05) is 27.1 Å². The summed E-state index contributed by atoms with van der Waals surface area (Å²) < 4.78 is 0. The first-order chi connectivity index (χ1) is 7.32. The Hall–Kier alpha value is -1.63. The highest BCUT2D eigenvalue weighted by Crippen LogP contribution is 1.94. The van der Waals surface area contributed by atoms with E-state index in [1.165, 1.54) is 9.80 Å². The van der Waals surface area contributed by atoms with E-state index < -0.39 is 11.9 Å². The van der Waals surface area contributed by atoms with Crippen LogP contribution < -0.4 is 0 Å². The molecule has 0 aromatic carbocycles. The second kappa shape index (κ2) is 6.78. The lowest BCUT2D eigenvalue weighted by Crippen LogP contribution is -2.37. The summed E-state index contributed by atoms with van der Waals surface area (Å²) in [7, 11) is 3.17. The van der Waals surface area contributed by atoms with E-state index in [1.807, 2.05) is 0 Å². The number of aliphatic carboxylic acids is 2. The summed E-state index contributed by atoms with van der Waals surface area (Å²) in [6.07, 6.45) is 0.105. The minimum absolute atomic E-state index is 0.105. The number of carbonyl (C=O) groups excluding carboxylic acids is 1. The quantitative estimate of drug-likeness (QED) is 0.580. The molecule has 0 saturated carbocycles. The van der Waals surface area contributed by atoms with Gasteiger partial charge in [-0.3, -0.25) is 19.3 Å². The van der Waals surface area contributed by atoms with Gasteiger partial charge in [0.2, 0.25) is 5.91 Å².